The summed E-state index contributed by atoms with van der Waals surface area (Å²) in [4.78, 5) is 14.9. The van der Waals surface area contributed by atoms with E-state index in [1.54, 1.807) is 17.0 Å². The predicted molar refractivity (Wildman–Crippen MR) is 119 cm³/mol. The Bertz CT molecular complexity index is 1060. The Morgan fingerprint density at radius 2 is 1.66 bits per heavy atom. The summed E-state index contributed by atoms with van der Waals surface area (Å²) in [5.41, 5.74) is 2.54. The average Bonchev–Trinajstić information content (AvgIpc) is 3.02. The summed E-state index contributed by atoms with van der Waals surface area (Å²) in [6.07, 6.45) is 1.83. The first-order chi connectivity index (χ1) is 14.1. The summed E-state index contributed by atoms with van der Waals surface area (Å²) in [7, 11) is 0. The number of thioether (sulfide) groups is 1. The van der Waals surface area contributed by atoms with Crippen LogP contribution in [-0.2, 0) is 11.4 Å². The molecule has 144 valence electrons. The lowest BCUT2D eigenvalue weighted by Crippen LogP contribution is -2.27. The Morgan fingerprint density at radius 3 is 2.34 bits per heavy atom. The van der Waals surface area contributed by atoms with Gasteiger partial charge in [0, 0.05) is 0 Å². The van der Waals surface area contributed by atoms with Crippen LogP contribution in [0.3, 0.4) is 0 Å². The van der Waals surface area contributed by atoms with E-state index in [1.807, 2.05) is 60.7 Å². The molecule has 0 unspecified atom stereocenters. The van der Waals surface area contributed by atoms with Crippen molar-refractivity contribution in [3.63, 3.8) is 0 Å². The van der Waals surface area contributed by atoms with Crippen molar-refractivity contribution < 1.29 is 13.9 Å². The lowest BCUT2D eigenvalue weighted by Gasteiger charge is -2.13. The zero-order valence-corrected chi connectivity index (χ0v) is 16.9. The molecule has 1 aliphatic heterocycles. The van der Waals surface area contributed by atoms with E-state index < -0.39 is 0 Å². The first-order valence-electron chi connectivity index (χ1n) is 8.90. The fourth-order valence-corrected chi connectivity index (χ4v) is 4.13. The highest BCUT2D eigenvalue weighted by Crippen LogP contribution is 2.36. The number of anilines is 1. The van der Waals surface area contributed by atoms with Gasteiger partial charge in [-0.1, -0.05) is 66.4 Å². The van der Waals surface area contributed by atoms with Crippen molar-refractivity contribution in [3.05, 3.63) is 101 Å². The van der Waals surface area contributed by atoms with E-state index in [0.29, 0.717) is 21.6 Å². The molecule has 1 fully saturated rings. The molecular formula is C23H16FNO2S2. The normalized spacial score (nSPS) is 15.2. The molecule has 0 N–H and O–H groups in total. The fraction of sp³-hybridized carbons (Fsp3) is 0.0435. The van der Waals surface area contributed by atoms with Crippen LogP contribution in [0, 0.1) is 5.82 Å². The lowest BCUT2D eigenvalue weighted by molar-refractivity contribution is -0.113. The number of para-hydroxylation sites is 1. The van der Waals surface area contributed by atoms with Crippen molar-refractivity contribution in [1.82, 2.24) is 0 Å². The molecule has 0 bridgehead atoms. The molecule has 3 aromatic rings. The van der Waals surface area contributed by atoms with Gasteiger partial charge in [0.2, 0.25) is 0 Å². The SMILES string of the molecule is O=C1/C(=C/c2ccc(OCc3ccc(F)cc3)cc2)SC(=S)N1c1ccccc1. The molecule has 29 heavy (non-hydrogen) atoms. The van der Waals surface area contributed by atoms with Crippen molar-refractivity contribution in [1.29, 1.82) is 0 Å². The summed E-state index contributed by atoms with van der Waals surface area (Å²) in [6, 6.07) is 23.0. The van der Waals surface area contributed by atoms with E-state index in [-0.39, 0.29) is 11.7 Å². The van der Waals surface area contributed by atoms with Crippen LogP contribution in [0.2, 0.25) is 0 Å². The fourth-order valence-electron chi connectivity index (χ4n) is 2.83. The molecule has 0 atom stereocenters. The van der Waals surface area contributed by atoms with Gasteiger partial charge in [-0.3, -0.25) is 9.69 Å². The van der Waals surface area contributed by atoms with E-state index in [1.165, 1.54) is 23.9 Å². The second kappa shape index (κ2) is 8.59. The molecule has 0 aromatic heterocycles. The van der Waals surface area contributed by atoms with Crippen molar-refractivity contribution in [3.8, 4) is 5.75 Å². The molecule has 1 aliphatic rings. The quantitative estimate of drug-likeness (QED) is 0.384. The molecule has 6 heteroatoms. The highest BCUT2D eigenvalue weighted by Gasteiger charge is 2.33. The van der Waals surface area contributed by atoms with E-state index >= 15 is 0 Å². The van der Waals surface area contributed by atoms with Crippen LogP contribution in [0.25, 0.3) is 6.08 Å². The number of ether oxygens (including phenoxy) is 1. The molecule has 3 nitrogen and oxygen atoms in total. The van der Waals surface area contributed by atoms with Gasteiger partial charge >= 0.3 is 0 Å². The molecular weight excluding hydrogens is 405 g/mol. The lowest BCUT2D eigenvalue weighted by atomic mass is 10.2. The van der Waals surface area contributed by atoms with Crippen molar-refractivity contribution in [2.24, 2.45) is 0 Å². The number of halogens is 1. The van der Waals surface area contributed by atoms with Crippen LogP contribution in [-0.4, -0.2) is 10.2 Å². The smallest absolute Gasteiger partial charge is 0.270 e. The number of hydrogen-bond acceptors (Lipinski definition) is 4. The van der Waals surface area contributed by atoms with Gasteiger partial charge in [-0.2, -0.15) is 0 Å². The highest BCUT2D eigenvalue weighted by molar-refractivity contribution is 8.27. The van der Waals surface area contributed by atoms with E-state index in [4.69, 9.17) is 17.0 Å². The molecule has 0 aliphatic carbocycles. The monoisotopic (exact) mass is 421 g/mol. The summed E-state index contributed by atoms with van der Waals surface area (Å²) < 4.78 is 19.2. The number of rotatable bonds is 5. The van der Waals surface area contributed by atoms with E-state index in [9.17, 15) is 9.18 Å². The molecule has 1 amide bonds. The summed E-state index contributed by atoms with van der Waals surface area (Å²) in [6.45, 7) is 0.357. The maximum absolute atomic E-state index is 13.0. The first-order valence-corrected chi connectivity index (χ1v) is 10.1. The second-order valence-corrected chi connectivity index (χ2v) is 8.01. The minimum absolute atomic E-state index is 0.122. The first kappa shape index (κ1) is 19.4. The molecule has 3 aromatic carbocycles. The van der Waals surface area contributed by atoms with Gasteiger partial charge < -0.3 is 4.74 Å². The molecule has 0 saturated carbocycles. The van der Waals surface area contributed by atoms with Crippen LogP contribution in [0.4, 0.5) is 10.1 Å². The van der Waals surface area contributed by atoms with Crippen molar-refractivity contribution in [2.75, 3.05) is 4.90 Å². The third-order valence-electron chi connectivity index (χ3n) is 4.30. The minimum Gasteiger partial charge on any atom is -0.489 e. The maximum Gasteiger partial charge on any atom is 0.270 e. The molecule has 1 heterocycles. The van der Waals surface area contributed by atoms with Crippen LogP contribution < -0.4 is 9.64 Å². The Labute approximate surface area is 177 Å². The van der Waals surface area contributed by atoms with E-state index in [0.717, 1.165) is 16.8 Å². The number of carbonyl (C=O) groups excluding carboxylic acids is 1. The second-order valence-electron chi connectivity index (χ2n) is 6.34. The van der Waals surface area contributed by atoms with Gasteiger partial charge in [0.1, 0.15) is 18.2 Å². The summed E-state index contributed by atoms with van der Waals surface area (Å²) in [5.74, 6) is 0.307. The average molecular weight is 422 g/mol. The minimum atomic E-state index is -0.268. The van der Waals surface area contributed by atoms with E-state index in [2.05, 4.69) is 0 Å². The molecule has 4 rings (SSSR count). The number of carbonyl (C=O) groups is 1. The maximum atomic E-state index is 13.0. The zero-order chi connectivity index (χ0) is 20.2. The summed E-state index contributed by atoms with van der Waals surface area (Å²) in [5, 5.41) is 0. The van der Waals surface area contributed by atoms with Gasteiger partial charge in [-0.25, -0.2) is 4.39 Å². The Kier molecular flexibility index (Phi) is 5.74. The van der Waals surface area contributed by atoms with Gasteiger partial charge in [-0.05, 0) is 53.6 Å². The largest absolute Gasteiger partial charge is 0.489 e. The Morgan fingerprint density at radius 1 is 0.966 bits per heavy atom. The Hall–Kier alpha value is -2.96. The van der Waals surface area contributed by atoms with Crippen LogP contribution in [0.15, 0.2) is 83.8 Å². The van der Waals surface area contributed by atoms with Crippen molar-refractivity contribution in [2.45, 2.75) is 6.61 Å². The number of nitrogens with zero attached hydrogens (tertiary/aromatic N) is 1. The molecule has 0 spiro atoms. The van der Waals surface area contributed by atoms with Crippen LogP contribution in [0.5, 0.6) is 5.75 Å². The third-order valence-corrected chi connectivity index (χ3v) is 5.61. The number of amides is 1. The zero-order valence-electron chi connectivity index (χ0n) is 15.2. The molecule has 1 saturated heterocycles. The molecule has 0 radical (unpaired) electrons. The van der Waals surface area contributed by atoms with Crippen molar-refractivity contribution >= 4 is 46.0 Å². The standard InChI is InChI=1S/C23H16FNO2S2/c24-18-10-6-17(7-11-18)15-27-20-12-8-16(9-13-20)14-21-22(26)25(23(28)29-21)19-4-2-1-3-5-19/h1-14H,15H2/b21-14-. The predicted octanol–water partition coefficient (Wildman–Crippen LogP) is 5.81. The van der Waals surface area contributed by atoms with Crippen LogP contribution >= 0.6 is 24.0 Å². The van der Waals surface area contributed by atoms with Gasteiger partial charge in [0.25, 0.3) is 5.91 Å². The van der Waals surface area contributed by atoms with Gasteiger partial charge in [-0.15, -0.1) is 0 Å². The third kappa shape index (κ3) is 4.55. The van der Waals surface area contributed by atoms with Crippen LogP contribution in [0.1, 0.15) is 11.1 Å². The highest BCUT2D eigenvalue weighted by atomic mass is 32.2. The Balaban J connectivity index is 1.44. The number of thiocarbonyl (C=S) groups is 1. The van der Waals surface area contributed by atoms with Gasteiger partial charge in [0.15, 0.2) is 4.32 Å². The summed E-state index contributed by atoms with van der Waals surface area (Å²) >= 11 is 6.68. The number of hydrogen-bond donors (Lipinski definition) is 0. The van der Waals surface area contributed by atoms with Gasteiger partial charge in [0.05, 0.1) is 10.6 Å². The number of benzene rings is 3. The topological polar surface area (TPSA) is 29.5 Å².